The van der Waals surface area contributed by atoms with E-state index >= 15 is 0 Å². The summed E-state index contributed by atoms with van der Waals surface area (Å²) in [6.07, 6.45) is 0.769. The summed E-state index contributed by atoms with van der Waals surface area (Å²) in [5.41, 5.74) is 6.47. The molecule has 1 unspecified atom stereocenters. The maximum absolute atomic E-state index is 12.6. The van der Waals surface area contributed by atoms with Gasteiger partial charge in [0, 0.05) is 31.2 Å². The van der Waals surface area contributed by atoms with Crippen LogP contribution >= 0.6 is 12.4 Å². The van der Waals surface area contributed by atoms with E-state index in [1.54, 1.807) is 24.0 Å². The van der Waals surface area contributed by atoms with Gasteiger partial charge in [-0.3, -0.25) is 4.79 Å². The van der Waals surface area contributed by atoms with Crippen molar-refractivity contribution in [1.29, 1.82) is 0 Å². The van der Waals surface area contributed by atoms with E-state index in [1.807, 2.05) is 0 Å². The average molecular weight is 376 g/mol. The number of nitrogens with two attached hydrogens (primary N) is 1. The van der Waals surface area contributed by atoms with Crippen LogP contribution in [0.5, 0.6) is 0 Å². The van der Waals surface area contributed by atoms with E-state index in [2.05, 4.69) is 18.6 Å². The Bertz CT molecular complexity index is 674. The molecule has 1 atom stereocenters. The van der Waals surface area contributed by atoms with Crippen LogP contribution in [0.25, 0.3) is 0 Å². The molecular formula is C16H26ClN3O3S. The molecule has 0 aliphatic carbocycles. The molecular weight excluding hydrogens is 350 g/mol. The Morgan fingerprint density at radius 2 is 1.92 bits per heavy atom. The first-order valence-corrected chi connectivity index (χ1v) is 9.30. The fraction of sp³-hybridized carbons (Fsp3) is 0.562. The van der Waals surface area contributed by atoms with E-state index in [-0.39, 0.29) is 34.7 Å². The maximum Gasteiger partial charge on any atom is 0.253 e. The minimum Gasteiger partial charge on any atom is -0.338 e. The van der Waals surface area contributed by atoms with E-state index in [9.17, 15) is 13.2 Å². The van der Waals surface area contributed by atoms with Crippen molar-refractivity contribution in [3.8, 4) is 0 Å². The molecule has 0 spiro atoms. The Hall–Kier alpha value is -1.15. The highest BCUT2D eigenvalue weighted by Crippen LogP contribution is 2.28. The monoisotopic (exact) mass is 375 g/mol. The molecule has 1 heterocycles. The lowest BCUT2D eigenvalue weighted by Gasteiger charge is -2.42. The van der Waals surface area contributed by atoms with Crippen molar-refractivity contribution in [2.24, 2.45) is 11.1 Å². The SMILES string of the molecule is CCNS(=O)(=O)c1ccc(C(=O)N2CCC(N)C(C)(C)C2)cc1.Cl. The Morgan fingerprint density at radius 1 is 1.33 bits per heavy atom. The lowest BCUT2D eigenvalue weighted by atomic mass is 9.79. The number of piperidine rings is 1. The third-order valence-electron chi connectivity index (χ3n) is 4.35. The number of benzene rings is 1. The molecule has 2 rings (SSSR count). The average Bonchev–Trinajstić information content (AvgIpc) is 2.49. The van der Waals surface area contributed by atoms with E-state index in [4.69, 9.17) is 5.73 Å². The van der Waals surface area contributed by atoms with Crippen LogP contribution in [-0.2, 0) is 10.0 Å². The van der Waals surface area contributed by atoms with Crippen molar-refractivity contribution in [3.05, 3.63) is 29.8 Å². The van der Waals surface area contributed by atoms with Crippen molar-refractivity contribution < 1.29 is 13.2 Å². The minimum atomic E-state index is -3.49. The van der Waals surface area contributed by atoms with Crippen LogP contribution < -0.4 is 10.5 Å². The highest BCUT2D eigenvalue weighted by atomic mass is 35.5. The van der Waals surface area contributed by atoms with Gasteiger partial charge in [-0.15, -0.1) is 12.4 Å². The second kappa shape index (κ2) is 7.82. The van der Waals surface area contributed by atoms with Gasteiger partial charge in [0.25, 0.3) is 5.91 Å². The van der Waals surface area contributed by atoms with Crippen molar-refractivity contribution in [3.63, 3.8) is 0 Å². The smallest absolute Gasteiger partial charge is 0.253 e. The van der Waals surface area contributed by atoms with Gasteiger partial charge in [0.1, 0.15) is 0 Å². The Kier molecular flexibility index (Phi) is 6.81. The number of carbonyl (C=O) groups is 1. The van der Waals surface area contributed by atoms with Gasteiger partial charge in [-0.2, -0.15) is 0 Å². The molecule has 136 valence electrons. The van der Waals surface area contributed by atoms with Crippen molar-refractivity contribution in [2.45, 2.75) is 38.1 Å². The third-order valence-corrected chi connectivity index (χ3v) is 5.91. The molecule has 3 N–H and O–H groups in total. The summed E-state index contributed by atoms with van der Waals surface area (Å²) in [5.74, 6) is -0.0858. The summed E-state index contributed by atoms with van der Waals surface area (Å²) in [4.78, 5) is 14.6. The number of nitrogens with one attached hydrogen (secondary N) is 1. The Balaban J connectivity index is 0.00000288. The molecule has 0 aromatic heterocycles. The number of rotatable bonds is 4. The van der Waals surface area contributed by atoms with Gasteiger partial charge in [-0.25, -0.2) is 13.1 Å². The van der Waals surface area contributed by atoms with Gasteiger partial charge in [0.05, 0.1) is 4.90 Å². The van der Waals surface area contributed by atoms with Crippen molar-refractivity contribution >= 4 is 28.3 Å². The number of hydrogen-bond donors (Lipinski definition) is 2. The van der Waals surface area contributed by atoms with Crippen LogP contribution in [0, 0.1) is 5.41 Å². The number of sulfonamides is 1. The van der Waals surface area contributed by atoms with Crippen LogP contribution in [0.15, 0.2) is 29.2 Å². The summed E-state index contributed by atoms with van der Waals surface area (Å²) in [5, 5.41) is 0. The van der Waals surface area contributed by atoms with Gasteiger partial charge in [0.2, 0.25) is 10.0 Å². The van der Waals surface area contributed by atoms with E-state index in [0.717, 1.165) is 6.42 Å². The molecule has 6 nitrogen and oxygen atoms in total. The summed E-state index contributed by atoms with van der Waals surface area (Å²) < 4.78 is 26.3. The van der Waals surface area contributed by atoms with Crippen molar-refractivity contribution in [1.82, 2.24) is 9.62 Å². The Morgan fingerprint density at radius 3 is 2.42 bits per heavy atom. The second-order valence-electron chi connectivity index (χ2n) is 6.64. The molecule has 1 aromatic carbocycles. The first-order chi connectivity index (χ1) is 10.7. The lowest BCUT2D eigenvalue weighted by molar-refractivity contribution is 0.0533. The predicted molar refractivity (Wildman–Crippen MR) is 96.8 cm³/mol. The van der Waals surface area contributed by atoms with Crippen LogP contribution in [0.3, 0.4) is 0 Å². The summed E-state index contributed by atoms with van der Waals surface area (Å²) in [6.45, 7) is 7.39. The van der Waals surface area contributed by atoms with E-state index in [0.29, 0.717) is 25.2 Å². The Labute approximate surface area is 150 Å². The van der Waals surface area contributed by atoms with Gasteiger partial charge in [-0.1, -0.05) is 20.8 Å². The normalized spacial score (nSPS) is 20.3. The molecule has 1 saturated heterocycles. The molecule has 1 aliphatic heterocycles. The molecule has 1 amide bonds. The van der Waals surface area contributed by atoms with Crippen LogP contribution in [0.2, 0.25) is 0 Å². The zero-order valence-electron chi connectivity index (χ0n) is 14.3. The predicted octanol–water partition coefficient (Wildman–Crippen LogP) is 1.61. The zero-order valence-corrected chi connectivity index (χ0v) is 15.9. The molecule has 0 saturated carbocycles. The zero-order chi connectivity index (χ0) is 17.3. The van der Waals surface area contributed by atoms with Crippen LogP contribution in [0.4, 0.5) is 0 Å². The third kappa shape index (κ3) is 4.47. The first-order valence-electron chi connectivity index (χ1n) is 7.82. The summed E-state index contributed by atoms with van der Waals surface area (Å²) in [6, 6.07) is 6.14. The van der Waals surface area contributed by atoms with Crippen molar-refractivity contribution in [2.75, 3.05) is 19.6 Å². The maximum atomic E-state index is 12.6. The van der Waals surface area contributed by atoms with Gasteiger partial charge in [0.15, 0.2) is 0 Å². The van der Waals surface area contributed by atoms with E-state index in [1.165, 1.54) is 12.1 Å². The van der Waals surface area contributed by atoms with Gasteiger partial charge < -0.3 is 10.6 Å². The lowest BCUT2D eigenvalue weighted by Crippen LogP contribution is -2.54. The first kappa shape index (κ1) is 20.9. The largest absolute Gasteiger partial charge is 0.338 e. The molecule has 0 bridgehead atoms. The molecule has 1 aromatic rings. The van der Waals surface area contributed by atoms with Crippen LogP contribution in [-0.4, -0.2) is 44.9 Å². The summed E-state index contributed by atoms with van der Waals surface area (Å²) in [7, 11) is -3.49. The van der Waals surface area contributed by atoms with Crippen LogP contribution in [0.1, 0.15) is 37.6 Å². The highest BCUT2D eigenvalue weighted by molar-refractivity contribution is 7.89. The molecule has 0 radical (unpaired) electrons. The number of amides is 1. The topological polar surface area (TPSA) is 92.5 Å². The van der Waals surface area contributed by atoms with E-state index < -0.39 is 10.0 Å². The molecule has 1 aliphatic rings. The van der Waals surface area contributed by atoms with Gasteiger partial charge in [-0.05, 0) is 36.1 Å². The minimum absolute atomic E-state index is 0. The number of likely N-dealkylation sites (tertiary alicyclic amines) is 1. The fourth-order valence-electron chi connectivity index (χ4n) is 2.78. The number of nitrogens with zero attached hydrogens (tertiary/aromatic N) is 1. The number of hydrogen-bond acceptors (Lipinski definition) is 4. The number of carbonyl (C=O) groups excluding carboxylic acids is 1. The molecule has 1 fully saturated rings. The standard InChI is InChI=1S/C16H25N3O3S.ClH/c1-4-18-23(21,22)13-7-5-12(6-8-13)15(20)19-10-9-14(17)16(2,3)11-19;/h5-8,14,18H,4,9-11,17H2,1-3H3;1H. The fourth-order valence-corrected chi connectivity index (χ4v) is 3.82. The molecule has 8 heteroatoms. The highest BCUT2D eigenvalue weighted by Gasteiger charge is 2.35. The number of halogens is 1. The van der Waals surface area contributed by atoms with Gasteiger partial charge >= 0.3 is 0 Å². The second-order valence-corrected chi connectivity index (χ2v) is 8.40. The quantitative estimate of drug-likeness (QED) is 0.836. The molecule has 24 heavy (non-hydrogen) atoms. The summed E-state index contributed by atoms with van der Waals surface area (Å²) >= 11 is 0.